The van der Waals surface area contributed by atoms with Gasteiger partial charge in [-0.05, 0) is 41.8 Å². The molecule has 0 heterocycles. The third kappa shape index (κ3) is 3.69. The second-order valence-electron chi connectivity index (χ2n) is 4.60. The zero-order valence-corrected chi connectivity index (χ0v) is 11.7. The molecule has 108 valence electrons. The van der Waals surface area contributed by atoms with Gasteiger partial charge >= 0.3 is 11.9 Å². The quantitative estimate of drug-likeness (QED) is 0.852. The molecule has 4 heteroatoms. The number of benzene rings is 2. The number of aromatic carboxylic acids is 1. The number of carbonyl (C=O) groups excluding carboxylic acids is 1. The summed E-state index contributed by atoms with van der Waals surface area (Å²) in [5.41, 5.74) is 2.21. The summed E-state index contributed by atoms with van der Waals surface area (Å²) in [6.07, 6.45) is 0.770. The Labute approximate surface area is 123 Å². The SMILES string of the molecule is CCCOC(=O)c1cccc(-c2cccc(C(=O)O)c2)c1. The molecule has 0 saturated carbocycles. The summed E-state index contributed by atoms with van der Waals surface area (Å²) in [6.45, 7) is 2.32. The Morgan fingerprint density at radius 1 is 1.00 bits per heavy atom. The van der Waals surface area contributed by atoms with Crippen molar-refractivity contribution in [3.05, 3.63) is 59.7 Å². The van der Waals surface area contributed by atoms with Crippen molar-refractivity contribution < 1.29 is 19.4 Å². The van der Waals surface area contributed by atoms with E-state index < -0.39 is 5.97 Å². The summed E-state index contributed by atoms with van der Waals surface area (Å²) < 4.78 is 5.10. The van der Waals surface area contributed by atoms with E-state index in [0.29, 0.717) is 12.2 Å². The van der Waals surface area contributed by atoms with Gasteiger partial charge in [0, 0.05) is 0 Å². The van der Waals surface area contributed by atoms with Crippen LogP contribution in [0.25, 0.3) is 11.1 Å². The van der Waals surface area contributed by atoms with E-state index >= 15 is 0 Å². The van der Waals surface area contributed by atoms with Gasteiger partial charge in [-0.1, -0.05) is 31.2 Å². The molecule has 2 rings (SSSR count). The molecule has 0 aromatic heterocycles. The van der Waals surface area contributed by atoms with Crippen LogP contribution in [0.5, 0.6) is 0 Å². The van der Waals surface area contributed by atoms with Crippen molar-refractivity contribution in [3.63, 3.8) is 0 Å². The maximum Gasteiger partial charge on any atom is 0.338 e. The average molecular weight is 284 g/mol. The molecule has 0 amide bonds. The van der Waals surface area contributed by atoms with Crippen LogP contribution < -0.4 is 0 Å². The van der Waals surface area contributed by atoms with Crippen molar-refractivity contribution in [2.75, 3.05) is 6.61 Å². The Hall–Kier alpha value is -2.62. The van der Waals surface area contributed by atoms with E-state index in [1.807, 2.05) is 19.1 Å². The highest BCUT2D eigenvalue weighted by Gasteiger charge is 2.09. The van der Waals surface area contributed by atoms with Crippen molar-refractivity contribution in [1.29, 1.82) is 0 Å². The van der Waals surface area contributed by atoms with Crippen LogP contribution in [0.2, 0.25) is 0 Å². The molecule has 0 aliphatic heterocycles. The third-order valence-electron chi connectivity index (χ3n) is 2.98. The first-order chi connectivity index (χ1) is 10.1. The fourth-order valence-electron chi connectivity index (χ4n) is 1.94. The lowest BCUT2D eigenvalue weighted by Gasteiger charge is -2.07. The lowest BCUT2D eigenvalue weighted by molar-refractivity contribution is 0.0504. The molecular formula is C17H16O4. The second kappa shape index (κ2) is 6.70. The highest BCUT2D eigenvalue weighted by molar-refractivity contribution is 5.92. The highest BCUT2D eigenvalue weighted by atomic mass is 16.5. The summed E-state index contributed by atoms with van der Waals surface area (Å²) in [7, 11) is 0. The van der Waals surface area contributed by atoms with E-state index in [0.717, 1.165) is 17.5 Å². The smallest absolute Gasteiger partial charge is 0.338 e. The largest absolute Gasteiger partial charge is 0.478 e. The molecule has 1 N–H and O–H groups in total. The Bertz CT molecular complexity index is 661. The minimum Gasteiger partial charge on any atom is -0.478 e. The zero-order valence-electron chi connectivity index (χ0n) is 11.7. The molecule has 0 spiro atoms. The molecule has 0 aliphatic carbocycles. The monoisotopic (exact) mass is 284 g/mol. The topological polar surface area (TPSA) is 63.6 Å². The Kier molecular flexibility index (Phi) is 4.72. The fourth-order valence-corrected chi connectivity index (χ4v) is 1.94. The molecule has 21 heavy (non-hydrogen) atoms. The van der Waals surface area contributed by atoms with Crippen molar-refractivity contribution in [2.24, 2.45) is 0 Å². The second-order valence-corrected chi connectivity index (χ2v) is 4.60. The lowest BCUT2D eigenvalue weighted by Crippen LogP contribution is -2.05. The number of carboxylic acids is 1. The number of esters is 1. The van der Waals surface area contributed by atoms with Crippen molar-refractivity contribution in [1.82, 2.24) is 0 Å². The molecule has 2 aromatic rings. The molecule has 0 saturated heterocycles. The first-order valence-corrected chi connectivity index (χ1v) is 6.72. The van der Waals surface area contributed by atoms with Gasteiger partial charge in [-0.2, -0.15) is 0 Å². The molecular weight excluding hydrogens is 268 g/mol. The van der Waals surface area contributed by atoms with Crippen LogP contribution in [0, 0.1) is 0 Å². The molecule has 0 atom stereocenters. The third-order valence-corrected chi connectivity index (χ3v) is 2.98. The fraction of sp³-hybridized carbons (Fsp3) is 0.176. The summed E-state index contributed by atoms with van der Waals surface area (Å²) in [5, 5.41) is 9.02. The number of rotatable bonds is 5. The van der Waals surface area contributed by atoms with Crippen LogP contribution in [0.1, 0.15) is 34.1 Å². The predicted octanol–water partition coefficient (Wildman–Crippen LogP) is 3.62. The van der Waals surface area contributed by atoms with Gasteiger partial charge in [0.25, 0.3) is 0 Å². The predicted molar refractivity (Wildman–Crippen MR) is 79.4 cm³/mol. The van der Waals surface area contributed by atoms with E-state index in [-0.39, 0.29) is 11.5 Å². The average Bonchev–Trinajstić information content (AvgIpc) is 2.52. The van der Waals surface area contributed by atoms with E-state index in [1.165, 1.54) is 6.07 Å². The lowest BCUT2D eigenvalue weighted by atomic mass is 10.0. The summed E-state index contributed by atoms with van der Waals surface area (Å²) in [4.78, 5) is 22.8. The van der Waals surface area contributed by atoms with Crippen LogP contribution in [-0.2, 0) is 4.74 Å². The van der Waals surface area contributed by atoms with Gasteiger partial charge in [0.2, 0.25) is 0 Å². The van der Waals surface area contributed by atoms with Gasteiger partial charge in [-0.15, -0.1) is 0 Å². The van der Waals surface area contributed by atoms with Gasteiger partial charge < -0.3 is 9.84 Å². The van der Waals surface area contributed by atoms with Gasteiger partial charge in [0.15, 0.2) is 0 Å². The van der Waals surface area contributed by atoms with Crippen molar-refractivity contribution >= 4 is 11.9 Å². The number of hydrogen-bond acceptors (Lipinski definition) is 3. The Morgan fingerprint density at radius 2 is 1.57 bits per heavy atom. The highest BCUT2D eigenvalue weighted by Crippen LogP contribution is 2.22. The summed E-state index contributed by atoms with van der Waals surface area (Å²) in [5.74, 6) is -1.34. The first-order valence-electron chi connectivity index (χ1n) is 6.72. The molecule has 4 nitrogen and oxygen atoms in total. The Morgan fingerprint density at radius 3 is 2.14 bits per heavy atom. The van der Waals surface area contributed by atoms with E-state index in [9.17, 15) is 9.59 Å². The van der Waals surface area contributed by atoms with Crippen molar-refractivity contribution in [2.45, 2.75) is 13.3 Å². The van der Waals surface area contributed by atoms with E-state index in [4.69, 9.17) is 9.84 Å². The molecule has 0 bridgehead atoms. The van der Waals surface area contributed by atoms with Gasteiger partial charge in [0.05, 0.1) is 17.7 Å². The van der Waals surface area contributed by atoms with E-state index in [2.05, 4.69) is 0 Å². The molecule has 0 unspecified atom stereocenters. The number of carboxylic acid groups (broad SMARTS) is 1. The summed E-state index contributed by atoms with van der Waals surface area (Å²) >= 11 is 0. The maximum absolute atomic E-state index is 11.8. The molecule has 0 radical (unpaired) electrons. The number of hydrogen-bond donors (Lipinski definition) is 1. The van der Waals surface area contributed by atoms with E-state index in [1.54, 1.807) is 30.3 Å². The molecule has 2 aromatic carbocycles. The Balaban J connectivity index is 2.30. The van der Waals surface area contributed by atoms with Gasteiger partial charge in [0.1, 0.15) is 0 Å². The van der Waals surface area contributed by atoms with Crippen LogP contribution in [-0.4, -0.2) is 23.7 Å². The normalized spacial score (nSPS) is 10.1. The zero-order chi connectivity index (χ0) is 15.2. The van der Waals surface area contributed by atoms with Crippen LogP contribution in [0.4, 0.5) is 0 Å². The van der Waals surface area contributed by atoms with Gasteiger partial charge in [-0.25, -0.2) is 9.59 Å². The standard InChI is InChI=1S/C17H16O4/c1-2-9-21-17(20)15-8-4-6-13(11-15)12-5-3-7-14(10-12)16(18)19/h3-8,10-11H,2,9H2,1H3,(H,18,19). The minimum absolute atomic E-state index is 0.214. The summed E-state index contributed by atoms with van der Waals surface area (Å²) in [6, 6.07) is 13.6. The van der Waals surface area contributed by atoms with Crippen LogP contribution >= 0.6 is 0 Å². The van der Waals surface area contributed by atoms with Crippen molar-refractivity contribution in [3.8, 4) is 11.1 Å². The number of carbonyl (C=O) groups is 2. The van der Waals surface area contributed by atoms with Gasteiger partial charge in [-0.3, -0.25) is 0 Å². The van der Waals surface area contributed by atoms with Crippen LogP contribution in [0.15, 0.2) is 48.5 Å². The molecule has 0 fully saturated rings. The maximum atomic E-state index is 11.8. The number of ether oxygens (including phenoxy) is 1. The minimum atomic E-state index is -0.977. The van der Waals surface area contributed by atoms with Crippen LogP contribution in [0.3, 0.4) is 0 Å². The first kappa shape index (κ1) is 14.8. The molecule has 0 aliphatic rings.